The highest BCUT2D eigenvalue weighted by atomic mass is 32.3. The molecule has 0 fully saturated rings. The summed E-state index contributed by atoms with van der Waals surface area (Å²) in [5, 5.41) is 60.6. The van der Waals surface area contributed by atoms with E-state index in [-0.39, 0.29) is 49.0 Å². The van der Waals surface area contributed by atoms with E-state index in [4.69, 9.17) is 23.1 Å². The fraction of sp³-hybridized carbons (Fsp3) is 0.233. The zero-order valence-corrected chi connectivity index (χ0v) is 30.3. The molecule has 2 heterocycles. The molecule has 3 aliphatic rings. The molecule has 0 bridgehead atoms. The lowest BCUT2D eigenvalue weighted by molar-refractivity contribution is -0.434. The van der Waals surface area contributed by atoms with Gasteiger partial charge in [0, 0.05) is 39.0 Å². The van der Waals surface area contributed by atoms with Gasteiger partial charge in [0.25, 0.3) is 0 Å². The second-order valence-corrected chi connectivity index (χ2v) is 14.4. The highest BCUT2D eigenvalue weighted by Crippen LogP contribution is 2.47. The predicted octanol–water partition coefficient (Wildman–Crippen LogP) is 3.72. The van der Waals surface area contributed by atoms with Gasteiger partial charge in [-0.15, -0.1) is 8.67 Å². The van der Waals surface area contributed by atoms with Crippen LogP contribution in [0.15, 0.2) is 71.4 Å². The highest BCUT2D eigenvalue weighted by molar-refractivity contribution is 7.90. The van der Waals surface area contributed by atoms with Crippen LogP contribution in [-0.4, -0.2) is 82.1 Å². The molecule has 9 N–H and O–H groups in total. The van der Waals surface area contributed by atoms with Crippen LogP contribution >= 0.6 is 37.0 Å². The lowest BCUT2D eigenvalue weighted by Crippen LogP contribution is -2.55. The fourth-order valence-electron chi connectivity index (χ4n) is 6.72. The van der Waals surface area contributed by atoms with Crippen LogP contribution in [0, 0.1) is 0 Å². The van der Waals surface area contributed by atoms with E-state index in [1.54, 1.807) is 48.5 Å². The molecule has 4 aromatic carbocycles. The maximum Gasteiger partial charge on any atom is 0.397 e. The Bertz CT molecular complexity index is 2330. The molecular weight excluding hydrogens is 801 g/mol. The van der Waals surface area contributed by atoms with Crippen LogP contribution in [-0.2, 0) is 45.9 Å². The van der Waals surface area contributed by atoms with E-state index in [1.807, 2.05) is 12.1 Å². The first-order valence-electron chi connectivity index (χ1n) is 15.3. The Morgan fingerprint density at radius 2 is 1.41 bits per heavy atom. The number of aliphatic hydroxyl groups is 2. The van der Waals surface area contributed by atoms with Gasteiger partial charge in [0.15, 0.2) is 48.3 Å². The zero-order chi connectivity index (χ0) is 38.1. The number of rotatable bonds is 17. The minimum absolute atomic E-state index is 0.0514. The maximum atomic E-state index is 11.7. The van der Waals surface area contributed by atoms with Crippen LogP contribution in [0.3, 0.4) is 0 Å². The first kappa shape index (κ1) is 38.8. The number of nitrogens with zero attached hydrogens (tertiary/aromatic N) is 1. The molecule has 0 aromatic heterocycles. The minimum Gasteiger partial charge on any atom is -0.507 e. The molecule has 0 amide bonds. The molecular formula is C30H28N4O16S4. The third-order valence-electron chi connectivity index (χ3n) is 8.77. The van der Waals surface area contributed by atoms with Crippen molar-refractivity contribution in [3.05, 3.63) is 82.6 Å². The summed E-state index contributed by atoms with van der Waals surface area (Å²) in [5.41, 5.74) is 0.132. The quantitative estimate of drug-likeness (QED) is 0.0241. The third kappa shape index (κ3) is 7.53. The van der Waals surface area contributed by atoms with Gasteiger partial charge in [-0.25, -0.2) is 14.7 Å². The Labute approximate surface area is 317 Å². The average Bonchev–Trinajstić information content (AvgIpc) is 3.15. The van der Waals surface area contributed by atoms with Crippen LogP contribution in [0.4, 0.5) is 17.1 Å². The molecule has 0 spiro atoms. The zero-order valence-electron chi connectivity index (χ0n) is 27.0. The number of anilines is 3. The lowest BCUT2D eigenvalue weighted by atomic mass is 9.78. The Hall–Kier alpha value is -3.51. The lowest BCUT2D eigenvalue weighted by Gasteiger charge is -2.40. The maximum absolute atomic E-state index is 11.7. The number of aliphatic hydroxyl groups excluding tert-OH is 2. The Morgan fingerprint density at radius 3 is 2.04 bits per heavy atom. The van der Waals surface area contributed by atoms with E-state index in [0.29, 0.717) is 74.0 Å². The summed E-state index contributed by atoms with van der Waals surface area (Å²) < 4.78 is 70.3. The molecule has 1 aliphatic carbocycles. The summed E-state index contributed by atoms with van der Waals surface area (Å²) >= 11 is 0.771. The van der Waals surface area contributed by atoms with Gasteiger partial charge < -0.3 is 30.7 Å². The minimum atomic E-state index is -4.84. The highest BCUT2D eigenvalue weighted by Gasteiger charge is 2.41. The molecule has 288 valence electrons. The van der Waals surface area contributed by atoms with Crippen molar-refractivity contribution in [2.75, 3.05) is 42.4 Å². The van der Waals surface area contributed by atoms with Crippen LogP contribution in [0.2, 0.25) is 0 Å². The van der Waals surface area contributed by atoms with Gasteiger partial charge in [-0.1, -0.05) is 46.5 Å². The largest absolute Gasteiger partial charge is 0.507 e. The van der Waals surface area contributed by atoms with Crippen molar-refractivity contribution in [2.24, 2.45) is 4.99 Å². The monoisotopic (exact) mass is 828 g/mol. The smallest absolute Gasteiger partial charge is 0.397 e. The van der Waals surface area contributed by atoms with E-state index in [9.17, 15) is 27.7 Å². The van der Waals surface area contributed by atoms with Gasteiger partial charge in [0.2, 0.25) is 0 Å². The van der Waals surface area contributed by atoms with Crippen molar-refractivity contribution in [1.82, 2.24) is 0 Å². The van der Waals surface area contributed by atoms with Crippen molar-refractivity contribution in [3.8, 4) is 0 Å². The van der Waals surface area contributed by atoms with Crippen molar-refractivity contribution in [3.63, 3.8) is 0 Å². The van der Waals surface area contributed by atoms with Gasteiger partial charge >= 0.3 is 10.4 Å². The normalized spacial score (nSPS) is 20.9. The summed E-state index contributed by atoms with van der Waals surface area (Å²) in [4.78, 5) is 4.62. The second-order valence-electron chi connectivity index (χ2n) is 11.9. The van der Waals surface area contributed by atoms with Gasteiger partial charge in [-0.3, -0.25) is 22.1 Å². The van der Waals surface area contributed by atoms with E-state index < -0.39 is 34.4 Å². The third-order valence-corrected chi connectivity index (χ3v) is 10.1. The topological polar surface area (TPSA) is 278 Å². The van der Waals surface area contributed by atoms with Crippen LogP contribution in [0.5, 0.6) is 0 Å². The summed E-state index contributed by atoms with van der Waals surface area (Å²) in [6.45, 7) is -1.28. The van der Waals surface area contributed by atoms with Gasteiger partial charge in [-0.2, -0.15) is 8.42 Å². The first-order chi connectivity index (χ1) is 26.0. The molecule has 7 rings (SSSR count). The van der Waals surface area contributed by atoms with Crippen LogP contribution < -0.4 is 26.5 Å². The Morgan fingerprint density at radius 1 is 0.759 bits per heavy atom. The summed E-state index contributed by atoms with van der Waals surface area (Å²) in [5.74, 6) is -0.131. The Balaban J connectivity index is 1.27. The van der Waals surface area contributed by atoms with Crippen molar-refractivity contribution < 1.29 is 73.7 Å². The number of nitrogens with one attached hydrogen (secondary N) is 3. The van der Waals surface area contributed by atoms with E-state index >= 15 is 0 Å². The summed E-state index contributed by atoms with van der Waals surface area (Å²) in [7, 11) is -4.84. The van der Waals surface area contributed by atoms with Gasteiger partial charge in [0.1, 0.15) is 38.3 Å². The molecule has 2 unspecified atom stereocenters. The molecule has 24 heteroatoms. The predicted molar refractivity (Wildman–Crippen MR) is 194 cm³/mol. The number of hydrogen-bond donors (Lipinski definition) is 9. The van der Waals surface area contributed by atoms with E-state index in [0.717, 1.165) is 5.39 Å². The summed E-state index contributed by atoms with van der Waals surface area (Å²) in [6, 6.07) is 17.4. The van der Waals surface area contributed by atoms with Crippen LogP contribution in [0.1, 0.15) is 5.56 Å². The van der Waals surface area contributed by atoms with E-state index in [2.05, 4.69) is 43.9 Å². The Kier molecular flexibility index (Phi) is 11.4. The number of benzene rings is 4. The SMILES string of the molecule is O=S(=O)(O)OCC1(COSO)N=c2cc/c(=C3\C(O)=C(c4ccc5c6c(cccc46)NC(COSOOO)(COSOOO)N5)C3O)c3cccc(c23)N1. The molecule has 4 aromatic rings. The van der Waals surface area contributed by atoms with E-state index in [1.165, 1.54) is 0 Å². The molecule has 20 nitrogen and oxygen atoms in total. The van der Waals surface area contributed by atoms with Crippen molar-refractivity contribution >= 4 is 97.1 Å². The molecule has 0 radical (unpaired) electrons. The van der Waals surface area contributed by atoms with Gasteiger partial charge in [-0.05, 0) is 45.8 Å². The standard InChI is InChI=1S/C30H28N4O16S4/c35-27-25(17-7-9-21-23-15(17)3-1-5-19(23)31-29(33-21,12-44-52-49-47-37)13-45-53-50-48-38)28(36)26(27)18-8-10-22-24-16(18)4-2-6-20(24)32-30(34-22,11-43-51-39)14-46-54(40,41)42/h1-10,27,31-33,35-39H,11-14H2,(H,40,41,42)/b26-18+. The molecule has 54 heavy (non-hydrogen) atoms. The van der Waals surface area contributed by atoms with Gasteiger partial charge in [0.05, 0.1) is 5.36 Å². The molecule has 0 saturated carbocycles. The molecule has 2 aliphatic heterocycles. The molecule has 0 saturated heterocycles. The second kappa shape index (κ2) is 15.9. The average molecular weight is 829 g/mol. The van der Waals surface area contributed by atoms with Crippen LogP contribution in [0.25, 0.3) is 32.7 Å². The fourth-order valence-corrected chi connectivity index (χ4v) is 7.94. The molecule has 2 atom stereocenters. The number of hydrogen-bond acceptors (Lipinski definition) is 22. The van der Waals surface area contributed by atoms with Crippen molar-refractivity contribution in [1.29, 1.82) is 0 Å². The first-order valence-corrected chi connectivity index (χ1v) is 18.7. The van der Waals surface area contributed by atoms with Crippen molar-refractivity contribution in [2.45, 2.75) is 17.4 Å². The summed E-state index contributed by atoms with van der Waals surface area (Å²) in [6.07, 6.45) is -1.22.